The Bertz CT molecular complexity index is 489. The van der Waals surface area contributed by atoms with Gasteiger partial charge in [-0.1, -0.05) is 40.3 Å². The van der Waals surface area contributed by atoms with Gasteiger partial charge in [0.25, 0.3) is 0 Å². The summed E-state index contributed by atoms with van der Waals surface area (Å²) in [6.07, 6.45) is 3.77. The van der Waals surface area contributed by atoms with E-state index in [-0.39, 0.29) is 22.8 Å². The van der Waals surface area contributed by atoms with Crippen molar-refractivity contribution in [1.29, 1.82) is 0 Å². The maximum absolute atomic E-state index is 12.9. The molecule has 2 bridgehead atoms. The zero-order valence-corrected chi connectivity index (χ0v) is 14.3. The fourth-order valence-corrected chi connectivity index (χ4v) is 3.78. The van der Waals surface area contributed by atoms with Gasteiger partial charge in [-0.15, -0.1) is 0 Å². The van der Waals surface area contributed by atoms with Crippen molar-refractivity contribution in [3.05, 3.63) is 24.1 Å². The van der Waals surface area contributed by atoms with E-state index in [9.17, 15) is 4.79 Å². The normalized spacial score (nSPS) is 31.7. The predicted octanol–water partition coefficient (Wildman–Crippen LogP) is 4.11. The van der Waals surface area contributed by atoms with Crippen LogP contribution in [-0.2, 0) is 9.53 Å². The SMILES string of the molecule is C=CCO/C(=C(/C)C(C)C)N1C(=O)[C@H]2CC[C@]1(C)C2(C)C. The molecule has 2 aliphatic rings. The predicted molar refractivity (Wildman–Crippen MR) is 85.4 cm³/mol. The number of fused-ring (bicyclic) bond motifs is 2. The summed E-state index contributed by atoms with van der Waals surface area (Å²) in [6, 6.07) is 0. The molecule has 2 fully saturated rings. The summed E-state index contributed by atoms with van der Waals surface area (Å²) in [5.74, 6) is 1.45. The van der Waals surface area contributed by atoms with Crippen LogP contribution in [0.2, 0.25) is 0 Å². The summed E-state index contributed by atoms with van der Waals surface area (Å²) in [5.41, 5.74) is 0.973. The van der Waals surface area contributed by atoms with E-state index in [1.54, 1.807) is 6.08 Å². The molecule has 1 saturated carbocycles. The first-order valence-corrected chi connectivity index (χ1v) is 7.97. The Balaban J connectivity index is 2.49. The van der Waals surface area contributed by atoms with Crippen LogP contribution in [-0.4, -0.2) is 23.0 Å². The minimum Gasteiger partial charge on any atom is -0.475 e. The summed E-state index contributed by atoms with van der Waals surface area (Å²) < 4.78 is 5.95. The van der Waals surface area contributed by atoms with Gasteiger partial charge in [-0.25, -0.2) is 0 Å². The molecule has 3 nitrogen and oxygen atoms in total. The van der Waals surface area contributed by atoms with Crippen LogP contribution in [0.25, 0.3) is 0 Å². The molecule has 118 valence electrons. The van der Waals surface area contributed by atoms with E-state index in [1.807, 2.05) is 4.90 Å². The van der Waals surface area contributed by atoms with Crippen molar-refractivity contribution in [2.75, 3.05) is 6.61 Å². The largest absolute Gasteiger partial charge is 0.475 e. The van der Waals surface area contributed by atoms with Gasteiger partial charge < -0.3 is 4.74 Å². The molecule has 1 aliphatic carbocycles. The second-order valence-electron chi connectivity index (χ2n) is 7.50. The molecule has 2 rings (SSSR count). The Morgan fingerprint density at radius 3 is 2.52 bits per heavy atom. The average molecular weight is 291 g/mol. The minimum atomic E-state index is -0.151. The molecular weight excluding hydrogens is 262 g/mol. The number of allylic oxidation sites excluding steroid dienone is 1. The van der Waals surface area contributed by atoms with E-state index in [4.69, 9.17) is 4.74 Å². The van der Waals surface area contributed by atoms with Crippen molar-refractivity contribution in [2.45, 2.75) is 59.9 Å². The smallest absolute Gasteiger partial charge is 0.233 e. The molecule has 21 heavy (non-hydrogen) atoms. The third kappa shape index (κ3) is 2.13. The number of nitrogens with zero attached hydrogens (tertiary/aromatic N) is 1. The van der Waals surface area contributed by atoms with Crippen LogP contribution in [0, 0.1) is 17.3 Å². The molecule has 1 heterocycles. The number of hydrogen-bond donors (Lipinski definition) is 0. The van der Waals surface area contributed by atoms with Crippen LogP contribution >= 0.6 is 0 Å². The number of amides is 1. The number of carbonyl (C=O) groups excluding carboxylic acids is 1. The molecule has 0 spiro atoms. The second-order valence-corrected chi connectivity index (χ2v) is 7.50. The molecule has 1 saturated heterocycles. The zero-order chi connectivity index (χ0) is 16.0. The minimum absolute atomic E-state index is 0.00979. The summed E-state index contributed by atoms with van der Waals surface area (Å²) in [6.45, 7) is 17.2. The monoisotopic (exact) mass is 291 g/mol. The first kappa shape index (κ1) is 16.1. The molecule has 0 aromatic rings. The number of ether oxygens (including phenoxy) is 1. The van der Waals surface area contributed by atoms with E-state index in [2.05, 4.69) is 48.1 Å². The number of piperidine rings is 1. The van der Waals surface area contributed by atoms with Crippen LogP contribution in [0.15, 0.2) is 24.1 Å². The van der Waals surface area contributed by atoms with Gasteiger partial charge in [0, 0.05) is 5.92 Å². The number of carbonyl (C=O) groups is 1. The molecule has 1 aliphatic heterocycles. The molecule has 0 aromatic heterocycles. The third-order valence-electron chi connectivity index (χ3n) is 5.94. The van der Waals surface area contributed by atoms with E-state index in [0.717, 1.165) is 24.3 Å². The van der Waals surface area contributed by atoms with Gasteiger partial charge in [-0.2, -0.15) is 0 Å². The molecule has 3 heteroatoms. The maximum atomic E-state index is 12.9. The molecule has 2 atom stereocenters. The first-order valence-electron chi connectivity index (χ1n) is 7.97. The quantitative estimate of drug-likeness (QED) is 0.563. The van der Waals surface area contributed by atoms with Gasteiger partial charge in [-0.05, 0) is 43.6 Å². The van der Waals surface area contributed by atoms with Gasteiger partial charge in [0.15, 0.2) is 5.88 Å². The molecule has 0 unspecified atom stereocenters. The lowest BCUT2D eigenvalue weighted by atomic mass is 9.75. The Hall–Kier alpha value is -1.25. The topological polar surface area (TPSA) is 29.5 Å². The van der Waals surface area contributed by atoms with Crippen LogP contribution in [0.3, 0.4) is 0 Å². The van der Waals surface area contributed by atoms with E-state index < -0.39 is 0 Å². The van der Waals surface area contributed by atoms with Gasteiger partial charge in [0.05, 0.1) is 5.54 Å². The molecule has 1 amide bonds. The molecule has 0 N–H and O–H groups in total. The number of likely N-dealkylation sites (tertiary alicyclic amines) is 1. The highest BCUT2D eigenvalue weighted by atomic mass is 16.5. The lowest BCUT2D eigenvalue weighted by Crippen LogP contribution is -2.49. The van der Waals surface area contributed by atoms with Gasteiger partial charge in [0.2, 0.25) is 5.91 Å². The van der Waals surface area contributed by atoms with Gasteiger partial charge in [0.1, 0.15) is 6.61 Å². The van der Waals surface area contributed by atoms with Gasteiger partial charge >= 0.3 is 0 Å². The van der Waals surface area contributed by atoms with E-state index in [1.165, 1.54) is 0 Å². The van der Waals surface area contributed by atoms with Crippen molar-refractivity contribution in [1.82, 2.24) is 4.90 Å². The fourth-order valence-electron chi connectivity index (χ4n) is 3.78. The Labute approximate surface area is 129 Å². The zero-order valence-electron chi connectivity index (χ0n) is 14.3. The van der Waals surface area contributed by atoms with E-state index in [0.29, 0.717) is 12.5 Å². The van der Waals surface area contributed by atoms with Crippen molar-refractivity contribution < 1.29 is 9.53 Å². The standard InChI is InChI=1S/C18H29NO2/c1-8-11-21-16(13(4)12(2)3)19-15(20)14-9-10-18(19,7)17(14,5)6/h8,12,14H,1,9-11H2,2-7H3/b16-13-/t14-,18-/m1/s1. The Morgan fingerprint density at radius 2 is 2.10 bits per heavy atom. The highest BCUT2D eigenvalue weighted by Crippen LogP contribution is 2.60. The van der Waals surface area contributed by atoms with Crippen LogP contribution in [0.4, 0.5) is 0 Å². The molecular formula is C18H29NO2. The summed E-state index contributed by atoms with van der Waals surface area (Å²) in [4.78, 5) is 14.9. The number of rotatable bonds is 5. The van der Waals surface area contributed by atoms with Crippen molar-refractivity contribution in [2.24, 2.45) is 17.3 Å². The summed E-state index contributed by atoms with van der Waals surface area (Å²) >= 11 is 0. The van der Waals surface area contributed by atoms with Crippen LogP contribution in [0.5, 0.6) is 0 Å². The Kier molecular flexibility index (Phi) is 3.98. The lowest BCUT2D eigenvalue weighted by molar-refractivity contribution is -0.137. The maximum Gasteiger partial charge on any atom is 0.233 e. The van der Waals surface area contributed by atoms with Crippen molar-refractivity contribution in [3.8, 4) is 0 Å². The van der Waals surface area contributed by atoms with Crippen molar-refractivity contribution >= 4 is 5.91 Å². The molecule has 0 radical (unpaired) electrons. The van der Waals surface area contributed by atoms with E-state index >= 15 is 0 Å². The van der Waals surface area contributed by atoms with Crippen molar-refractivity contribution in [3.63, 3.8) is 0 Å². The highest BCUT2D eigenvalue weighted by molar-refractivity contribution is 5.86. The highest BCUT2D eigenvalue weighted by Gasteiger charge is 2.66. The number of hydrogen-bond acceptors (Lipinski definition) is 2. The first-order chi connectivity index (χ1) is 9.68. The van der Waals surface area contributed by atoms with Crippen LogP contribution in [0.1, 0.15) is 54.4 Å². The summed E-state index contributed by atoms with van der Waals surface area (Å²) in [5, 5.41) is 0. The third-order valence-corrected chi connectivity index (χ3v) is 5.94. The fraction of sp³-hybridized carbons (Fsp3) is 0.722. The molecule has 0 aromatic carbocycles. The van der Waals surface area contributed by atoms with Gasteiger partial charge in [-0.3, -0.25) is 9.69 Å². The second kappa shape index (κ2) is 5.19. The Morgan fingerprint density at radius 1 is 1.48 bits per heavy atom. The average Bonchev–Trinajstić information content (AvgIpc) is 2.71. The summed E-state index contributed by atoms with van der Waals surface area (Å²) in [7, 11) is 0. The lowest BCUT2D eigenvalue weighted by Gasteiger charge is -2.42. The van der Waals surface area contributed by atoms with Crippen LogP contribution < -0.4 is 0 Å².